The molecule has 0 atom stereocenters. The molecular weight excluding hydrogens is 378 g/mol. The molecule has 3 amide bonds. The van der Waals surface area contributed by atoms with Crippen molar-refractivity contribution in [3.63, 3.8) is 0 Å². The minimum Gasteiger partial charge on any atom is -0.353 e. The summed E-state index contributed by atoms with van der Waals surface area (Å²) in [6.07, 6.45) is 5.32. The summed E-state index contributed by atoms with van der Waals surface area (Å²) in [5.41, 5.74) is 1.12. The van der Waals surface area contributed by atoms with Crippen molar-refractivity contribution in [2.24, 2.45) is 7.05 Å². The number of benzene rings is 1. The SMILES string of the molecule is C=CCN(CC(=O)N(Cc1cccn1C)C1CC1)C(=O)Nc1ccc(F)c(F)c1. The molecule has 6 nitrogen and oxygen atoms in total. The van der Waals surface area contributed by atoms with Crippen molar-refractivity contribution in [3.8, 4) is 0 Å². The maximum absolute atomic E-state index is 13.4. The number of urea groups is 1. The first-order valence-corrected chi connectivity index (χ1v) is 9.40. The summed E-state index contributed by atoms with van der Waals surface area (Å²) in [7, 11) is 1.92. The van der Waals surface area contributed by atoms with E-state index in [-0.39, 0.29) is 30.7 Å². The van der Waals surface area contributed by atoms with Crippen LogP contribution in [0.1, 0.15) is 18.5 Å². The highest BCUT2D eigenvalue weighted by atomic mass is 19.2. The maximum Gasteiger partial charge on any atom is 0.322 e. The molecule has 0 unspecified atom stereocenters. The van der Waals surface area contributed by atoms with Crippen LogP contribution < -0.4 is 5.32 Å². The minimum absolute atomic E-state index is 0.110. The van der Waals surface area contributed by atoms with Gasteiger partial charge in [-0.3, -0.25) is 4.79 Å². The molecule has 1 N–H and O–H groups in total. The number of hydrogen-bond donors (Lipinski definition) is 1. The van der Waals surface area contributed by atoms with Crippen molar-refractivity contribution in [2.45, 2.75) is 25.4 Å². The number of anilines is 1. The first-order chi connectivity index (χ1) is 13.9. The molecule has 0 radical (unpaired) electrons. The summed E-state index contributed by atoms with van der Waals surface area (Å²) in [6, 6.07) is 6.56. The van der Waals surface area contributed by atoms with E-state index in [4.69, 9.17) is 0 Å². The van der Waals surface area contributed by atoms with Crippen LogP contribution in [0.2, 0.25) is 0 Å². The van der Waals surface area contributed by atoms with E-state index in [1.807, 2.05) is 29.9 Å². The summed E-state index contributed by atoms with van der Waals surface area (Å²) in [5.74, 6) is -2.23. The molecule has 0 aliphatic heterocycles. The van der Waals surface area contributed by atoms with E-state index in [2.05, 4.69) is 11.9 Å². The van der Waals surface area contributed by atoms with Crippen LogP contribution >= 0.6 is 0 Å². The molecule has 154 valence electrons. The highest BCUT2D eigenvalue weighted by molar-refractivity contribution is 5.92. The van der Waals surface area contributed by atoms with E-state index >= 15 is 0 Å². The molecule has 1 aromatic heterocycles. The van der Waals surface area contributed by atoms with Gasteiger partial charge in [0, 0.05) is 43.3 Å². The number of nitrogens with one attached hydrogen (secondary N) is 1. The molecule has 29 heavy (non-hydrogen) atoms. The van der Waals surface area contributed by atoms with Crippen molar-refractivity contribution < 1.29 is 18.4 Å². The lowest BCUT2D eigenvalue weighted by Gasteiger charge is -2.27. The van der Waals surface area contributed by atoms with Crippen molar-refractivity contribution in [3.05, 3.63) is 66.5 Å². The van der Waals surface area contributed by atoms with Gasteiger partial charge in [-0.1, -0.05) is 6.08 Å². The van der Waals surface area contributed by atoms with Crippen molar-refractivity contribution >= 4 is 17.6 Å². The summed E-state index contributed by atoms with van der Waals surface area (Å²) in [4.78, 5) is 28.6. The molecule has 1 saturated carbocycles. The van der Waals surface area contributed by atoms with Crippen molar-refractivity contribution in [1.82, 2.24) is 14.4 Å². The molecule has 1 aliphatic carbocycles. The van der Waals surface area contributed by atoms with Crippen LogP contribution in [0.15, 0.2) is 49.2 Å². The standard InChI is InChI=1S/C21H24F2N4O2/c1-3-10-26(21(29)24-15-6-9-18(22)19(23)12-15)14-20(28)27(16-7-8-16)13-17-5-4-11-25(17)2/h3-6,9,11-12,16H,1,7-8,10,13-14H2,2H3,(H,24,29). The van der Waals surface area contributed by atoms with Gasteiger partial charge in [-0.05, 0) is 37.1 Å². The van der Waals surface area contributed by atoms with Gasteiger partial charge in [0.15, 0.2) is 11.6 Å². The van der Waals surface area contributed by atoms with Crippen LogP contribution in [0.5, 0.6) is 0 Å². The van der Waals surface area contributed by atoms with Gasteiger partial charge in [0.1, 0.15) is 6.54 Å². The van der Waals surface area contributed by atoms with Crippen LogP contribution in [-0.2, 0) is 18.4 Å². The molecule has 1 heterocycles. The number of rotatable bonds is 8. The van der Waals surface area contributed by atoms with Crippen LogP contribution in [0.4, 0.5) is 19.3 Å². The Morgan fingerprint density at radius 1 is 1.28 bits per heavy atom. The minimum atomic E-state index is -1.06. The van der Waals surface area contributed by atoms with Gasteiger partial charge in [0.25, 0.3) is 0 Å². The molecule has 8 heteroatoms. The second kappa shape index (κ2) is 8.89. The third-order valence-corrected chi connectivity index (χ3v) is 4.83. The Labute approximate surface area is 168 Å². The second-order valence-electron chi connectivity index (χ2n) is 7.09. The lowest BCUT2D eigenvalue weighted by molar-refractivity contribution is -0.133. The Hall–Kier alpha value is -3.16. The summed E-state index contributed by atoms with van der Waals surface area (Å²) in [6.45, 7) is 4.11. The van der Waals surface area contributed by atoms with E-state index in [0.717, 1.165) is 30.7 Å². The zero-order chi connectivity index (χ0) is 21.0. The third-order valence-electron chi connectivity index (χ3n) is 4.83. The Morgan fingerprint density at radius 3 is 2.62 bits per heavy atom. The Bertz CT molecular complexity index is 908. The summed E-state index contributed by atoms with van der Waals surface area (Å²) >= 11 is 0. The van der Waals surface area contributed by atoms with Gasteiger partial charge < -0.3 is 19.7 Å². The Balaban J connectivity index is 1.68. The number of amides is 3. The smallest absolute Gasteiger partial charge is 0.322 e. The first-order valence-electron chi connectivity index (χ1n) is 9.40. The van der Waals surface area contributed by atoms with Gasteiger partial charge in [-0.15, -0.1) is 6.58 Å². The van der Waals surface area contributed by atoms with E-state index in [0.29, 0.717) is 6.54 Å². The molecule has 1 aromatic carbocycles. The monoisotopic (exact) mass is 402 g/mol. The molecule has 0 bridgehead atoms. The topological polar surface area (TPSA) is 57.6 Å². The fraction of sp³-hybridized carbons (Fsp3) is 0.333. The fourth-order valence-electron chi connectivity index (χ4n) is 3.05. The lowest BCUT2D eigenvalue weighted by Crippen LogP contribution is -2.45. The van der Waals surface area contributed by atoms with E-state index in [1.165, 1.54) is 17.0 Å². The molecule has 3 rings (SSSR count). The Kier molecular flexibility index (Phi) is 6.31. The van der Waals surface area contributed by atoms with Crippen molar-refractivity contribution in [1.29, 1.82) is 0 Å². The first kappa shape index (κ1) is 20.6. The van der Waals surface area contributed by atoms with Crippen molar-refractivity contribution in [2.75, 3.05) is 18.4 Å². The van der Waals surface area contributed by atoms with E-state index in [1.54, 1.807) is 4.90 Å². The molecule has 1 aliphatic rings. The maximum atomic E-state index is 13.4. The number of carbonyl (C=O) groups excluding carboxylic acids is 2. The van der Waals surface area contributed by atoms with Crippen LogP contribution in [-0.4, -0.2) is 45.4 Å². The van der Waals surface area contributed by atoms with Gasteiger partial charge in [0.05, 0.1) is 6.54 Å². The third kappa shape index (κ3) is 5.22. The van der Waals surface area contributed by atoms with Gasteiger partial charge in [-0.2, -0.15) is 0 Å². The Morgan fingerprint density at radius 2 is 2.03 bits per heavy atom. The van der Waals surface area contributed by atoms with E-state index in [9.17, 15) is 18.4 Å². The zero-order valence-electron chi connectivity index (χ0n) is 16.3. The number of nitrogens with zero attached hydrogens (tertiary/aromatic N) is 3. The van der Waals surface area contributed by atoms with Crippen LogP contribution in [0, 0.1) is 11.6 Å². The van der Waals surface area contributed by atoms with Crippen LogP contribution in [0.3, 0.4) is 0 Å². The van der Waals surface area contributed by atoms with Gasteiger partial charge >= 0.3 is 6.03 Å². The largest absolute Gasteiger partial charge is 0.353 e. The van der Waals surface area contributed by atoms with Gasteiger partial charge in [0.2, 0.25) is 5.91 Å². The predicted molar refractivity (Wildman–Crippen MR) is 106 cm³/mol. The van der Waals surface area contributed by atoms with Crippen LogP contribution in [0.25, 0.3) is 0 Å². The quantitative estimate of drug-likeness (QED) is 0.687. The zero-order valence-corrected chi connectivity index (χ0v) is 16.3. The molecule has 2 aromatic rings. The summed E-state index contributed by atoms with van der Waals surface area (Å²) in [5, 5.41) is 2.50. The number of carbonyl (C=O) groups is 2. The summed E-state index contributed by atoms with van der Waals surface area (Å²) < 4.78 is 28.4. The molecule has 0 saturated heterocycles. The lowest BCUT2D eigenvalue weighted by atomic mass is 10.3. The van der Waals surface area contributed by atoms with E-state index < -0.39 is 17.7 Å². The highest BCUT2D eigenvalue weighted by Gasteiger charge is 2.34. The second-order valence-corrected chi connectivity index (χ2v) is 7.09. The molecule has 1 fully saturated rings. The highest BCUT2D eigenvalue weighted by Crippen LogP contribution is 2.28. The fourth-order valence-corrected chi connectivity index (χ4v) is 3.05. The average molecular weight is 402 g/mol. The number of aromatic nitrogens is 1. The predicted octanol–water partition coefficient (Wildman–Crippen LogP) is 3.51. The molecule has 0 spiro atoms. The number of aryl methyl sites for hydroxylation is 1. The average Bonchev–Trinajstić information content (AvgIpc) is 3.44. The molecular formula is C21H24F2N4O2. The normalized spacial score (nSPS) is 13.1. The number of halogens is 2. The van der Waals surface area contributed by atoms with Gasteiger partial charge in [-0.25, -0.2) is 13.6 Å². The number of hydrogen-bond acceptors (Lipinski definition) is 2.